The first-order valence-corrected chi connectivity index (χ1v) is 6.70. The first kappa shape index (κ1) is 15.9. The summed E-state index contributed by atoms with van der Waals surface area (Å²) in [5.41, 5.74) is 0. The summed E-state index contributed by atoms with van der Waals surface area (Å²) in [5.74, 6) is 0. The summed E-state index contributed by atoms with van der Waals surface area (Å²) in [6.07, 6.45) is 5.24. The van der Waals surface area contributed by atoms with Gasteiger partial charge in [0.1, 0.15) is 0 Å². The van der Waals surface area contributed by atoms with Gasteiger partial charge in [0.15, 0.2) is 0 Å². The smallest absolute Gasteiger partial charge is 0.0701 e. The van der Waals surface area contributed by atoms with Crippen molar-refractivity contribution < 1.29 is 9.47 Å². The third-order valence-corrected chi connectivity index (χ3v) is 2.56. The van der Waals surface area contributed by atoms with Gasteiger partial charge in [-0.2, -0.15) is 0 Å². The highest BCUT2D eigenvalue weighted by Crippen LogP contribution is 2.02. The number of rotatable bonds is 12. The molecule has 1 unspecified atom stereocenters. The van der Waals surface area contributed by atoms with E-state index in [4.69, 9.17) is 9.47 Å². The van der Waals surface area contributed by atoms with Crippen LogP contribution in [0.5, 0.6) is 0 Å². The second kappa shape index (κ2) is 12.9. The number of ether oxygens (including phenoxy) is 2. The van der Waals surface area contributed by atoms with Crippen molar-refractivity contribution >= 4 is 0 Å². The summed E-state index contributed by atoms with van der Waals surface area (Å²) >= 11 is 0. The van der Waals surface area contributed by atoms with Crippen LogP contribution < -0.4 is 5.32 Å². The zero-order valence-corrected chi connectivity index (χ0v) is 11.3. The lowest BCUT2D eigenvalue weighted by Crippen LogP contribution is -2.29. The van der Waals surface area contributed by atoms with E-state index in [0.29, 0.717) is 19.3 Å². The molecule has 0 amide bonds. The van der Waals surface area contributed by atoms with Gasteiger partial charge in [0.2, 0.25) is 0 Å². The Balaban J connectivity index is 3.06. The molecule has 0 fully saturated rings. The number of unbranched alkanes of at least 4 members (excludes halogenated alkanes) is 2. The third kappa shape index (κ3) is 12.0. The van der Waals surface area contributed by atoms with Gasteiger partial charge in [-0.15, -0.1) is 0 Å². The van der Waals surface area contributed by atoms with E-state index in [1.165, 1.54) is 25.7 Å². The molecule has 0 aliphatic rings. The molecule has 0 saturated carbocycles. The van der Waals surface area contributed by atoms with Crippen molar-refractivity contribution in [3.05, 3.63) is 0 Å². The molecular weight excluding hydrogens is 202 g/mol. The van der Waals surface area contributed by atoms with Gasteiger partial charge in [0, 0.05) is 19.2 Å². The highest BCUT2D eigenvalue weighted by Gasteiger charge is 1.99. The van der Waals surface area contributed by atoms with Crippen molar-refractivity contribution in [2.45, 2.75) is 52.5 Å². The van der Waals surface area contributed by atoms with Crippen LogP contribution in [0.3, 0.4) is 0 Å². The van der Waals surface area contributed by atoms with Crippen LogP contribution in [0, 0.1) is 0 Å². The van der Waals surface area contributed by atoms with Crippen molar-refractivity contribution in [2.24, 2.45) is 0 Å². The van der Waals surface area contributed by atoms with Crippen molar-refractivity contribution in [1.82, 2.24) is 5.32 Å². The van der Waals surface area contributed by atoms with Crippen LogP contribution in [0.2, 0.25) is 0 Å². The fourth-order valence-electron chi connectivity index (χ4n) is 1.54. The van der Waals surface area contributed by atoms with Crippen LogP contribution in [-0.2, 0) is 9.47 Å². The highest BCUT2D eigenvalue weighted by molar-refractivity contribution is 4.59. The van der Waals surface area contributed by atoms with Crippen LogP contribution in [0.25, 0.3) is 0 Å². The average molecular weight is 231 g/mol. The summed E-state index contributed by atoms with van der Waals surface area (Å²) in [6, 6.07) is 0.613. The fourth-order valence-corrected chi connectivity index (χ4v) is 1.54. The van der Waals surface area contributed by atoms with Crippen LogP contribution in [0.4, 0.5) is 0 Å². The summed E-state index contributed by atoms with van der Waals surface area (Å²) in [5, 5.41) is 3.47. The van der Waals surface area contributed by atoms with E-state index in [-0.39, 0.29) is 0 Å². The van der Waals surface area contributed by atoms with E-state index in [0.717, 1.165) is 19.8 Å². The SMILES string of the molecule is CCCCCC(C)NCCOCCOCC. The van der Waals surface area contributed by atoms with Crippen molar-refractivity contribution in [2.75, 3.05) is 33.0 Å². The maximum Gasteiger partial charge on any atom is 0.0701 e. The van der Waals surface area contributed by atoms with Gasteiger partial charge >= 0.3 is 0 Å². The monoisotopic (exact) mass is 231 g/mol. The lowest BCUT2D eigenvalue weighted by atomic mass is 10.1. The molecule has 1 N–H and O–H groups in total. The predicted octanol–water partition coefficient (Wildman–Crippen LogP) is 2.60. The Labute approximate surface area is 101 Å². The molecule has 3 heteroatoms. The van der Waals surface area contributed by atoms with Crippen molar-refractivity contribution in [3.8, 4) is 0 Å². The van der Waals surface area contributed by atoms with E-state index in [9.17, 15) is 0 Å². The maximum absolute atomic E-state index is 5.42. The number of hydrogen-bond acceptors (Lipinski definition) is 3. The Morgan fingerprint density at radius 1 is 1.00 bits per heavy atom. The summed E-state index contributed by atoms with van der Waals surface area (Å²) in [6.45, 7) is 10.4. The Morgan fingerprint density at radius 3 is 2.44 bits per heavy atom. The molecule has 0 radical (unpaired) electrons. The van der Waals surface area contributed by atoms with E-state index in [1.54, 1.807) is 0 Å². The first-order valence-electron chi connectivity index (χ1n) is 6.70. The summed E-state index contributed by atoms with van der Waals surface area (Å²) < 4.78 is 10.6. The third-order valence-electron chi connectivity index (χ3n) is 2.56. The molecule has 0 spiro atoms. The number of hydrogen-bond donors (Lipinski definition) is 1. The molecule has 0 aromatic carbocycles. The van der Waals surface area contributed by atoms with Gasteiger partial charge in [-0.3, -0.25) is 0 Å². The van der Waals surface area contributed by atoms with Crippen LogP contribution >= 0.6 is 0 Å². The van der Waals surface area contributed by atoms with Gasteiger partial charge in [0.25, 0.3) is 0 Å². The quantitative estimate of drug-likeness (QED) is 0.524. The topological polar surface area (TPSA) is 30.5 Å². The van der Waals surface area contributed by atoms with Gasteiger partial charge in [-0.25, -0.2) is 0 Å². The molecule has 98 valence electrons. The fraction of sp³-hybridized carbons (Fsp3) is 1.00. The molecule has 16 heavy (non-hydrogen) atoms. The molecule has 0 aliphatic carbocycles. The molecular formula is C13H29NO2. The van der Waals surface area contributed by atoms with Gasteiger partial charge < -0.3 is 14.8 Å². The maximum atomic E-state index is 5.42. The van der Waals surface area contributed by atoms with Crippen LogP contribution in [0.1, 0.15) is 46.5 Å². The van der Waals surface area contributed by atoms with Crippen LogP contribution in [-0.4, -0.2) is 39.0 Å². The largest absolute Gasteiger partial charge is 0.379 e. The Kier molecular flexibility index (Phi) is 12.9. The summed E-state index contributed by atoms with van der Waals surface area (Å²) in [7, 11) is 0. The Morgan fingerprint density at radius 2 is 1.75 bits per heavy atom. The zero-order valence-electron chi connectivity index (χ0n) is 11.3. The van der Waals surface area contributed by atoms with E-state index in [2.05, 4.69) is 19.2 Å². The first-order chi connectivity index (χ1) is 7.81. The molecule has 0 aromatic heterocycles. The number of nitrogens with one attached hydrogen (secondary N) is 1. The van der Waals surface area contributed by atoms with Gasteiger partial charge in [-0.1, -0.05) is 26.2 Å². The minimum atomic E-state index is 0.613. The standard InChI is InChI=1S/C13H29NO2/c1-4-6-7-8-13(3)14-9-10-16-12-11-15-5-2/h13-14H,4-12H2,1-3H3. The molecule has 0 bridgehead atoms. The van der Waals surface area contributed by atoms with E-state index in [1.807, 2.05) is 6.92 Å². The molecule has 0 heterocycles. The molecule has 3 nitrogen and oxygen atoms in total. The Bertz CT molecular complexity index is 131. The van der Waals surface area contributed by atoms with Gasteiger partial charge in [0.05, 0.1) is 19.8 Å². The molecule has 0 aliphatic heterocycles. The second-order valence-electron chi connectivity index (χ2n) is 4.16. The minimum absolute atomic E-state index is 0.613. The summed E-state index contributed by atoms with van der Waals surface area (Å²) in [4.78, 5) is 0. The lowest BCUT2D eigenvalue weighted by Gasteiger charge is -2.13. The van der Waals surface area contributed by atoms with Crippen molar-refractivity contribution in [3.63, 3.8) is 0 Å². The Hall–Kier alpha value is -0.120. The van der Waals surface area contributed by atoms with Crippen molar-refractivity contribution in [1.29, 1.82) is 0 Å². The van der Waals surface area contributed by atoms with E-state index >= 15 is 0 Å². The average Bonchev–Trinajstić information content (AvgIpc) is 2.28. The molecule has 0 rings (SSSR count). The molecule has 0 aromatic rings. The molecule has 1 atom stereocenters. The predicted molar refractivity (Wildman–Crippen MR) is 68.9 cm³/mol. The minimum Gasteiger partial charge on any atom is -0.379 e. The lowest BCUT2D eigenvalue weighted by molar-refractivity contribution is 0.0533. The highest BCUT2D eigenvalue weighted by atomic mass is 16.5. The van der Waals surface area contributed by atoms with E-state index < -0.39 is 0 Å². The van der Waals surface area contributed by atoms with Crippen LogP contribution in [0.15, 0.2) is 0 Å². The zero-order chi connectivity index (χ0) is 12.1. The normalized spacial score (nSPS) is 12.9. The molecule has 0 saturated heterocycles. The second-order valence-corrected chi connectivity index (χ2v) is 4.16. The van der Waals surface area contributed by atoms with Gasteiger partial charge in [-0.05, 0) is 20.3 Å².